The fraction of sp³-hybridized carbons (Fsp3) is 0.500. The van der Waals surface area contributed by atoms with Crippen LogP contribution in [-0.2, 0) is 0 Å². The summed E-state index contributed by atoms with van der Waals surface area (Å²) in [6, 6.07) is 2.12. The molecular weight excluding hydrogens is 219 g/mol. The Hall–Kier alpha value is -0.310. The van der Waals surface area contributed by atoms with Crippen molar-refractivity contribution in [2.75, 3.05) is 13.6 Å². The third-order valence-corrected chi connectivity index (χ3v) is 3.26. The number of hydrogen-bond acceptors (Lipinski definition) is 2. The average molecular weight is 231 g/mol. The minimum absolute atomic E-state index is 0.410. The molecule has 1 aliphatic heterocycles. The quantitative estimate of drug-likeness (QED) is 0.690. The summed E-state index contributed by atoms with van der Waals surface area (Å²) in [6.07, 6.45) is 4.16. The number of aromatic nitrogens is 1. The van der Waals surface area contributed by atoms with Crippen LogP contribution in [0.15, 0.2) is 12.3 Å². The summed E-state index contributed by atoms with van der Waals surface area (Å²) in [7, 11) is 2.11. The first kappa shape index (κ1) is 10.2. The molecule has 0 aliphatic carbocycles. The summed E-state index contributed by atoms with van der Waals surface area (Å²) in [5.74, 6) is 0. The van der Waals surface area contributed by atoms with Crippen molar-refractivity contribution in [3.05, 3.63) is 28.0 Å². The Morgan fingerprint density at radius 2 is 2.29 bits per heavy atom. The van der Waals surface area contributed by atoms with Crippen LogP contribution in [0, 0.1) is 0 Å². The predicted molar refractivity (Wildman–Crippen MR) is 58.9 cm³/mol. The van der Waals surface area contributed by atoms with Crippen LogP contribution in [-0.4, -0.2) is 23.5 Å². The van der Waals surface area contributed by atoms with Crippen LogP contribution in [0.2, 0.25) is 10.2 Å². The smallest absolute Gasteiger partial charge is 0.130 e. The van der Waals surface area contributed by atoms with Crippen molar-refractivity contribution in [1.82, 2.24) is 9.88 Å². The van der Waals surface area contributed by atoms with Crippen LogP contribution < -0.4 is 0 Å². The summed E-state index contributed by atoms with van der Waals surface area (Å²) in [6.45, 7) is 1.13. The van der Waals surface area contributed by atoms with E-state index in [0.29, 0.717) is 11.2 Å². The minimum Gasteiger partial charge on any atom is -0.299 e. The highest BCUT2D eigenvalue weighted by atomic mass is 35.5. The summed E-state index contributed by atoms with van der Waals surface area (Å²) in [4.78, 5) is 6.38. The van der Waals surface area contributed by atoms with E-state index >= 15 is 0 Å². The number of rotatable bonds is 1. The van der Waals surface area contributed by atoms with E-state index in [0.717, 1.165) is 23.6 Å². The molecule has 1 atom stereocenters. The van der Waals surface area contributed by atoms with Gasteiger partial charge in [-0.3, -0.25) is 4.90 Å². The van der Waals surface area contributed by atoms with Crippen molar-refractivity contribution in [2.24, 2.45) is 0 Å². The molecule has 2 nitrogen and oxygen atoms in total. The zero-order valence-electron chi connectivity index (χ0n) is 8.00. The standard InChI is InChI=1S/C10H12Cl2N2/c1-14-4-2-3-9(14)7-6-13-10(12)5-8(7)11/h5-6,9H,2-4H2,1H3. The van der Waals surface area contributed by atoms with Gasteiger partial charge in [0.2, 0.25) is 0 Å². The lowest BCUT2D eigenvalue weighted by Crippen LogP contribution is -2.17. The van der Waals surface area contributed by atoms with Crippen molar-refractivity contribution < 1.29 is 0 Å². The first-order chi connectivity index (χ1) is 6.68. The molecule has 0 spiro atoms. The zero-order chi connectivity index (χ0) is 10.1. The predicted octanol–water partition coefficient (Wildman–Crippen LogP) is 3.16. The van der Waals surface area contributed by atoms with Crippen molar-refractivity contribution >= 4 is 23.2 Å². The van der Waals surface area contributed by atoms with Gasteiger partial charge in [-0.1, -0.05) is 23.2 Å². The monoisotopic (exact) mass is 230 g/mol. The zero-order valence-corrected chi connectivity index (χ0v) is 9.52. The van der Waals surface area contributed by atoms with Crippen molar-refractivity contribution in [3.8, 4) is 0 Å². The lowest BCUT2D eigenvalue weighted by Gasteiger charge is -2.20. The van der Waals surface area contributed by atoms with Gasteiger partial charge in [0.05, 0.1) is 0 Å². The molecule has 1 unspecified atom stereocenters. The maximum absolute atomic E-state index is 6.12. The molecule has 1 aliphatic rings. The summed E-state index contributed by atoms with van der Waals surface area (Å²) in [5, 5.41) is 1.18. The van der Waals surface area contributed by atoms with E-state index in [-0.39, 0.29) is 0 Å². The van der Waals surface area contributed by atoms with Gasteiger partial charge in [0.1, 0.15) is 5.15 Å². The fourth-order valence-electron chi connectivity index (χ4n) is 1.97. The Morgan fingerprint density at radius 1 is 1.50 bits per heavy atom. The number of likely N-dealkylation sites (tertiary alicyclic amines) is 1. The Kier molecular flexibility index (Phi) is 2.96. The van der Waals surface area contributed by atoms with Gasteiger partial charge < -0.3 is 0 Å². The number of hydrogen-bond donors (Lipinski definition) is 0. The number of nitrogens with zero attached hydrogens (tertiary/aromatic N) is 2. The van der Waals surface area contributed by atoms with Crippen LogP contribution in [0.5, 0.6) is 0 Å². The Balaban J connectivity index is 2.31. The largest absolute Gasteiger partial charge is 0.299 e. The van der Waals surface area contributed by atoms with Gasteiger partial charge in [0.15, 0.2) is 0 Å². The second kappa shape index (κ2) is 4.05. The van der Waals surface area contributed by atoms with Gasteiger partial charge in [-0.25, -0.2) is 4.98 Å². The first-order valence-corrected chi connectivity index (χ1v) is 5.45. The van der Waals surface area contributed by atoms with Crippen molar-refractivity contribution in [3.63, 3.8) is 0 Å². The molecule has 2 heterocycles. The van der Waals surface area contributed by atoms with E-state index in [1.165, 1.54) is 6.42 Å². The molecule has 1 aromatic heterocycles. The van der Waals surface area contributed by atoms with E-state index in [4.69, 9.17) is 23.2 Å². The maximum Gasteiger partial charge on any atom is 0.130 e. The maximum atomic E-state index is 6.12. The van der Waals surface area contributed by atoms with Gasteiger partial charge in [-0.15, -0.1) is 0 Å². The van der Waals surface area contributed by atoms with E-state index in [1.807, 2.05) is 0 Å². The highest BCUT2D eigenvalue weighted by molar-refractivity contribution is 6.34. The van der Waals surface area contributed by atoms with Gasteiger partial charge in [-0.05, 0) is 32.5 Å². The third kappa shape index (κ3) is 1.88. The summed E-state index contributed by atoms with van der Waals surface area (Å²) in [5.41, 5.74) is 1.09. The number of halogens is 2. The van der Waals surface area contributed by atoms with Gasteiger partial charge in [0.25, 0.3) is 0 Å². The van der Waals surface area contributed by atoms with E-state index in [9.17, 15) is 0 Å². The molecule has 4 heteroatoms. The molecule has 76 valence electrons. The molecule has 0 radical (unpaired) electrons. The second-order valence-corrected chi connectivity index (χ2v) is 4.46. The SMILES string of the molecule is CN1CCCC1c1cnc(Cl)cc1Cl. The Morgan fingerprint density at radius 3 is 2.86 bits per heavy atom. The average Bonchev–Trinajstić information content (AvgIpc) is 2.52. The van der Waals surface area contributed by atoms with Gasteiger partial charge in [-0.2, -0.15) is 0 Å². The summed E-state index contributed by atoms with van der Waals surface area (Å²) < 4.78 is 0. The minimum atomic E-state index is 0.410. The third-order valence-electron chi connectivity index (χ3n) is 2.73. The molecule has 0 N–H and O–H groups in total. The highest BCUT2D eigenvalue weighted by Crippen LogP contribution is 2.34. The van der Waals surface area contributed by atoms with Gasteiger partial charge >= 0.3 is 0 Å². The van der Waals surface area contributed by atoms with Crippen LogP contribution in [0.4, 0.5) is 0 Å². The first-order valence-electron chi connectivity index (χ1n) is 4.69. The topological polar surface area (TPSA) is 16.1 Å². The van der Waals surface area contributed by atoms with Crippen LogP contribution in [0.1, 0.15) is 24.4 Å². The molecule has 2 rings (SSSR count). The molecule has 0 saturated carbocycles. The Labute approximate surface area is 93.8 Å². The van der Waals surface area contributed by atoms with Crippen LogP contribution in [0.25, 0.3) is 0 Å². The number of pyridine rings is 1. The Bertz CT molecular complexity index is 341. The molecular formula is C10H12Cl2N2. The van der Waals surface area contributed by atoms with E-state index in [1.54, 1.807) is 12.3 Å². The highest BCUT2D eigenvalue weighted by Gasteiger charge is 2.24. The molecule has 0 aromatic carbocycles. The van der Waals surface area contributed by atoms with E-state index < -0.39 is 0 Å². The molecule has 0 amide bonds. The molecule has 14 heavy (non-hydrogen) atoms. The molecule has 0 bridgehead atoms. The van der Waals surface area contributed by atoms with Crippen LogP contribution >= 0.6 is 23.2 Å². The van der Waals surface area contributed by atoms with Crippen molar-refractivity contribution in [1.29, 1.82) is 0 Å². The van der Waals surface area contributed by atoms with Crippen LogP contribution in [0.3, 0.4) is 0 Å². The summed E-state index contributed by atoms with van der Waals surface area (Å²) >= 11 is 11.9. The lowest BCUT2D eigenvalue weighted by atomic mass is 10.1. The normalized spacial score (nSPS) is 22.9. The van der Waals surface area contributed by atoms with E-state index in [2.05, 4.69) is 16.9 Å². The van der Waals surface area contributed by atoms with Gasteiger partial charge in [0, 0.05) is 22.8 Å². The molecule has 1 fully saturated rings. The second-order valence-electron chi connectivity index (χ2n) is 3.67. The lowest BCUT2D eigenvalue weighted by molar-refractivity contribution is 0.317. The fourth-order valence-corrected chi connectivity index (χ4v) is 2.46. The molecule has 1 saturated heterocycles. The van der Waals surface area contributed by atoms with Crippen molar-refractivity contribution in [2.45, 2.75) is 18.9 Å². The molecule has 1 aromatic rings.